The van der Waals surface area contributed by atoms with Crippen LogP contribution in [0.25, 0.3) is 0 Å². The highest BCUT2D eigenvalue weighted by molar-refractivity contribution is 7.99. The van der Waals surface area contributed by atoms with Crippen LogP contribution in [-0.4, -0.2) is 24.4 Å². The SMILES string of the molecule is COc1ccc(CCC(=O)C2CCSC2)cc1. The maximum absolute atomic E-state index is 11.9. The lowest BCUT2D eigenvalue weighted by Gasteiger charge is -2.07. The minimum absolute atomic E-state index is 0.318. The Kier molecular flexibility index (Phi) is 4.49. The molecule has 92 valence electrons. The van der Waals surface area contributed by atoms with Gasteiger partial charge >= 0.3 is 0 Å². The second-order valence-electron chi connectivity index (χ2n) is 4.37. The summed E-state index contributed by atoms with van der Waals surface area (Å²) in [6.07, 6.45) is 2.60. The number of thioether (sulfide) groups is 1. The first-order chi connectivity index (χ1) is 8.29. The van der Waals surface area contributed by atoms with Crippen molar-refractivity contribution in [2.45, 2.75) is 19.3 Å². The molecule has 0 aliphatic carbocycles. The van der Waals surface area contributed by atoms with Crippen molar-refractivity contribution in [3.05, 3.63) is 29.8 Å². The van der Waals surface area contributed by atoms with Gasteiger partial charge in [-0.3, -0.25) is 4.79 Å². The summed E-state index contributed by atoms with van der Waals surface area (Å²) in [6.45, 7) is 0. The van der Waals surface area contributed by atoms with Crippen molar-refractivity contribution in [2.75, 3.05) is 18.6 Å². The summed E-state index contributed by atoms with van der Waals surface area (Å²) in [6, 6.07) is 7.97. The van der Waals surface area contributed by atoms with E-state index in [2.05, 4.69) is 0 Å². The number of Topliss-reactive ketones (excluding diaryl/α,β-unsaturated/α-hetero) is 1. The molecule has 1 aliphatic heterocycles. The third-order valence-electron chi connectivity index (χ3n) is 3.20. The lowest BCUT2D eigenvalue weighted by molar-refractivity contribution is -0.122. The molecule has 0 amide bonds. The van der Waals surface area contributed by atoms with Crippen molar-refractivity contribution in [1.29, 1.82) is 0 Å². The summed E-state index contributed by atoms with van der Waals surface area (Å²) >= 11 is 1.90. The summed E-state index contributed by atoms with van der Waals surface area (Å²) in [5.41, 5.74) is 1.21. The number of ketones is 1. The van der Waals surface area contributed by atoms with Gasteiger partial charge in [-0.2, -0.15) is 11.8 Å². The van der Waals surface area contributed by atoms with Crippen LogP contribution in [0.4, 0.5) is 0 Å². The van der Waals surface area contributed by atoms with Gasteiger partial charge in [0.05, 0.1) is 7.11 Å². The molecule has 0 N–H and O–H groups in total. The van der Waals surface area contributed by atoms with Crippen LogP contribution in [0.15, 0.2) is 24.3 Å². The average molecular weight is 250 g/mol. The van der Waals surface area contributed by atoms with E-state index in [0.717, 1.165) is 30.1 Å². The van der Waals surface area contributed by atoms with Crippen LogP contribution >= 0.6 is 11.8 Å². The quantitative estimate of drug-likeness (QED) is 0.803. The molecular formula is C14H18O2S. The molecule has 1 aromatic carbocycles. The Hall–Kier alpha value is -0.960. The highest BCUT2D eigenvalue weighted by Gasteiger charge is 2.22. The Morgan fingerprint density at radius 2 is 2.18 bits per heavy atom. The van der Waals surface area contributed by atoms with Crippen molar-refractivity contribution in [3.63, 3.8) is 0 Å². The molecule has 3 heteroatoms. The molecule has 0 spiro atoms. The molecular weight excluding hydrogens is 232 g/mol. The number of aryl methyl sites for hydroxylation is 1. The number of methoxy groups -OCH3 is 1. The average Bonchev–Trinajstić information content (AvgIpc) is 2.90. The number of hydrogen-bond donors (Lipinski definition) is 0. The third-order valence-corrected chi connectivity index (χ3v) is 4.37. The van der Waals surface area contributed by atoms with E-state index in [-0.39, 0.29) is 0 Å². The fourth-order valence-corrected chi connectivity index (χ4v) is 3.31. The minimum atomic E-state index is 0.318. The van der Waals surface area contributed by atoms with Crippen molar-refractivity contribution in [2.24, 2.45) is 5.92 Å². The van der Waals surface area contributed by atoms with E-state index >= 15 is 0 Å². The molecule has 2 rings (SSSR count). The smallest absolute Gasteiger partial charge is 0.137 e. The number of rotatable bonds is 5. The second kappa shape index (κ2) is 6.10. The van der Waals surface area contributed by atoms with Gasteiger partial charge in [0.1, 0.15) is 11.5 Å². The topological polar surface area (TPSA) is 26.3 Å². The molecule has 1 aromatic rings. The molecule has 2 nitrogen and oxygen atoms in total. The lowest BCUT2D eigenvalue weighted by Crippen LogP contribution is -2.14. The Bertz CT molecular complexity index is 366. The van der Waals surface area contributed by atoms with Gasteiger partial charge in [-0.1, -0.05) is 12.1 Å². The first-order valence-corrected chi connectivity index (χ1v) is 7.18. The van der Waals surface area contributed by atoms with Crippen LogP contribution in [0, 0.1) is 5.92 Å². The van der Waals surface area contributed by atoms with Crippen LogP contribution in [0.3, 0.4) is 0 Å². The Morgan fingerprint density at radius 3 is 2.76 bits per heavy atom. The first kappa shape index (κ1) is 12.5. The highest BCUT2D eigenvalue weighted by Crippen LogP contribution is 2.25. The Balaban J connectivity index is 1.82. The van der Waals surface area contributed by atoms with Gasteiger partial charge < -0.3 is 4.74 Å². The lowest BCUT2D eigenvalue weighted by atomic mass is 9.98. The van der Waals surface area contributed by atoms with E-state index in [4.69, 9.17) is 4.74 Å². The van der Waals surface area contributed by atoms with E-state index in [1.807, 2.05) is 36.0 Å². The first-order valence-electron chi connectivity index (χ1n) is 6.03. The zero-order valence-electron chi connectivity index (χ0n) is 10.1. The van der Waals surface area contributed by atoms with Gasteiger partial charge in [0.25, 0.3) is 0 Å². The summed E-state index contributed by atoms with van der Waals surface area (Å²) in [7, 11) is 1.66. The largest absolute Gasteiger partial charge is 0.497 e. The fraction of sp³-hybridized carbons (Fsp3) is 0.500. The monoisotopic (exact) mass is 250 g/mol. The predicted octanol–water partition coefficient (Wildman–Crippen LogP) is 2.95. The standard InChI is InChI=1S/C14H18O2S/c1-16-13-5-2-11(3-6-13)4-7-14(15)12-8-9-17-10-12/h2-3,5-6,12H,4,7-10H2,1H3. The zero-order chi connectivity index (χ0) is 12.1. The molecule has 1 aliphatic rings. The van der Waals surface area contributed by atoms with Crippen LogP contribution in [-0.2, 0) is 11.2 Å². The number of carbonyl (C=O) groups is 1. The van der Waals surface area contributed by atoms with E-state index in [1.165, 1.54) is 5.56 Å². The van der Waals surface area contributed by atoms with Crippen LogP contribution in [0.2, 0.25) is 0 Å². The van der Waals surface area contributed by atoms with E-state index in [0.29, 0.717) is 18.1 Å². The number of carbonyl (C=O) groups excluding carboxylic acids is 1. The van der Waals surface area contributed by atoms with Crippen molar-refractivity contribution in [1.82, 2.24) is 0 Å². The van der Waals surface area contributed by atoms with Crippen molar-refractivity contribution in [3.8, 4) is 5.75 Å². The Morgan fingerprint density at radius 1 is 1.41 bits per heavy atom. The van der Waals surface area contributed by atoms with Crippen LogP contribution in [0.1, 0.15) is 18.4 Å². The van der Waals surface area contributed by atoms with E-state index in [1.54, 1.807) is 7.11 Å². The van der Waals surface area contributed by atoms with Crippen molar-refractivity contribution >= 4 is 17.5 Å². The maximum Gasteiger partial charge on any atom is 0.137 e. The molecule has 1 heterocycles. The normalized spacial score (nSPS) is 19.2. The number of benzene rings is 1. The molecule has 1 saturated heterocycles. The molecule has 0 bridgehead atoms. The van der Waals surface area contributed by atoms with Gasteiger partial charge in [0.2, 0.25) is 0 Å². The maximum atomic E-state index is 11.9. The minimum Gasteiger partial charge on any atom is -0.497 e. The van der Waals surface area contributed by atoms with Gasteiger partial charge in [0.15, 0.2) is 0 Å². The van der Waals surface area contributed by atoms with Crippen LogP contribution in [0.5, 0.6) is 5.75 Å². The van der Waals surface area contributed by atoms with E-state index in [9.17, 15) is 4.79 Å². The summed E-state index contributed by atoms with van der Waals surface area (Å²) < 4.78 is 5.11. The number of hydrogen-bond acceptors (Lipinski definition) is 3. The summed E-state index contributed by atoms with van der Waals surface area (Å²) in [4.78, 5) is 11.9. The highest BCUT2D eigenvalue weighted by atomic mass is 32.2. The van der Waals surface area contributed by atoms with Gasteiger partial charge in [-0.25, -0.2) is 0 Å². The zero-order valence-corrected chi connectivity index (χ0v) is 11.0. The fourth-order valence-electron chi connectivity index (χ4n) is 2.05. The van der Waals surface area contributed by atoms with E-state index < -0.39 is 0 Å². The predicted molar refractivity (Wildman–Crippen MR) is 71.8 cm³/mol. The summed E-state index contributed by atoms with van der Waals surface area (Å²) in [5.74, 6) is 3.80. The molecule has 0 aromatic heterocycles. The second-order valence-corrected chi connectivity index (χ2v) is 5.52. The van der Waals surface area contributed by atoms with Crippen molar-refractivity contribution < 1.29 is 9.53 Å². The van der Waals surface area contributed by atoms with Gasteiger partial charge in [0, 0.05) is 18.1 Å². The van der Waals surface area contributed by atoms with Gasteiger partial charge in [-0.15, -0.1) is 0 Å². The van der Waals surface area contributed by atoms with Gasteiger partial charge in [-0.05, 0) is 36.3 Å². The summed E-state index contributed by atoms with van der Waals surface area (Å²) in [5, 5.41) is 0. The molecule has 0 saturated carbocycles. The number of ether oxygens (including phenoxy) is 1. The molecule has 17 heavy (non-hydrogen) atoms. The molecule has 1 atom stereocenters. The molecule has 1 unspecified atom stereocenters. The Labute approximate surface area is 107 Å². The third kappa shape index (κ3) is 3.50. The molecule has 0 radical (unpaired) electrons. The molecule has 1 fully saturated rings. The van der Waals surface area contributed by atoms with Crippen LogP contribution < -0.4 is 4.74 Å².